The summed E-state index contributed by atoms with van der Waals surface area (Å²) in [5, 5.41) is 3.09. The Labute approximate surface area is 113 Å². The average molecular weight is 256 g/mol. The minimum Gasteiger partial charge on any atom is -0.356 e. The summed E-state index contributed by atoms with van der Waals surface area (Å²) in [4.78, 5) is 14.4. The van der Waals surface area contributed by atoms with Gasteiger partial charge in [0.05, 0.1) is 0 Å². The number of carbonyl (C=O) groups excluding carboxylic acids is 1. The highest BCUT2D eigenvalue weighted by atomic mass is 16.1. The Morgan fingerprint density at radius 3 is 2.06 bits per heavy atom. The van der Waals surface area contributed by atoms with Crippen molar-refractivity contribution >= 4 is 5.91 Å². The highest BCUT2D eigenvalue weighted by Crippen LogP contribution is 2.13. The molecule has 0 radical (unpaired) electrons. The third kappa shape index (κ3) is 7.70. The van der Waals surface area contributed by atoms with Gasteiger partial charge in [-0.3, -0.25) is 4.79 Å². The largest absolute Gasteiger partial charge is 0.356 e. The van der Waals surface area contributed by atoms with Gasteiger partial charge in [0.2, 0.25) is 5.91 Å². The molecule has 18 heavy (non-hydrogen) atoms. The van der Waals surface area contributed by atoms with Gasteiger partial charge in [0.1, 0.15) is 0 Å². The van der Waals surface area contributed by atoms with Crippen LogP contribution >= 0.6 is 0 Å². The maximum atomic E-state index is 12.0. The lowest BCUT2D eigenvalue weighted by Crippen LogP contribution is -2.33. The summed E-state index contributed by atoms with van der Waals surface area (Å²) in [6, 6.07) is 0. The van der Waals surface area contributed by atoms with Gasteiger partial charge in [-0.25, -0.2) is 0 Å². The lowest BCUT2D eigenvalue weighted by molar-refractivity contribution is -0.125. The maximum Gasteiger partial charge on any atom is 0.223 e. The number of amides is 1. The zero-order chi connectivity index (χ0) is 13.8. The first-order chi connectivity index (χ1) is 8.69. The standard InChI is InChI=1S/C15H32N2O/c1-5-10-14(11-6-2)15(18)16-12-9-13-17(7-3)8-4/h14H,5-13H2,1-4H3,(H,16,18). The van der Waals surface area contributed by atoms with Gasteiger partial charge in [-0.05, 0) is 38.9 Å². The van der Waals surface area contributed by atoms with Crippen molar-refractivity contribution in [3.8, 4) is 0 Å². The monoisotopic (exact) mass is 256 g/mol. The molecule has 0 atom stereocenters. The Hall–Kier alpha value is -0.570. The van der Waals surface area contributed by atoms with Crippen molar-refractivity contribution in [3.63, 3.8) is 0 Å². The third-order valence-electron chi connectivity index (χ3n) is 3.49. The van der Waals surface area contributed by atoms with E-state index in [1.54, 1.807) is 0 Å². The Kier molecular flexibility index (Phi) is 11.2. The van der Waals surface area contributed by atoms with Gasteiger partial charge in [-0.2, -0.15) is 0 Å². The van der Waals surface area contributed by atoms with Crippen molar-refractivity contribution in [2.24, 2.45) is 5.92 Å². The molecule has 3 nitrogen and oxygen atoms in total. The van der Waals surface area contributed by atoms with E-state index < -0.39 is 0 Å². The van der Waals surface area contributed by atoms with E-state index in [2.05, 4.69) is 37.9 Å². The summed E-state index contributed by atoms with van der Waals surface area (Å²) in [6.45, 7) is 12.8. The van der Waals surface area contributed by atoms with E-state index >= 15 is 0 Å². The number of nitrogens with one attached hydrogen (secondary N) is 1. The van der Waals surface area contributed by atoms with Crippen LogP contribution in [0.1, 0.15) is 59.8 Å². The zero-order valence-corrected chi connectivity index (χ0v) is 12.8. The summed E-state index contributed by atoms with van der Waals surface area (Å²) in [6.07, 6.45) is 5.29. The summed E-state index contributed by atoms with van der Waals surface area (Å²) < 4.78 is 0. The van der Waals surface area contributed by atoms with Crippen LogP contribution in [0.25, 0.3) is 0 Å². The first-order valence-corrected chi connectivity index (χ1v) is 7.69. The molecule has 0 aromatic rings. The second-order valence-corrected chi connectivity index (χ2v) is 4.95. The highest BCUT2D eigenvalue weighted by Gasteiger charge is 2.15. The first kappa shape index (κ1) is 17.4. The van der Waals surface area contributed by atoms with Crippen LogP contribution < -0.4 is 5.32 Å². The molecule has 1 N–H and O–H groups in total. The van der Waals surface area contributed by atoms with E-state index in [1.807, 2.05) is 0 Å². The number of hydrogen-bond donors (Lipinski definition) is 1. The molecule has 0 aliphatic carbocycles. The van der Waals surface area contributed by atoms with E-state index in [0.29, 0.717) is 0 Å². The maximum absolute atomic E-state index is 12.0. The van der Waals surface area contributed by atoms with Crippen molar-refractivity contribution in [1.29, 1.82) is 0 Å². The van der Waals surface area contributed by atoms with E-state index in [9.17, 15) is 4.79 Å². The predicted molar refractivity (Wildman–Crippen MR) is 78.7 cm³/mol. The highest BCUT2D eigenvalue weighted by molar-refractivity contribution is 5.78. The van der Waals surface area contributed by atoms with Gasteiger partial charge in [-0.1, -0.05) is 40.5 Å². The van der Waals surface area contributed by atoms with E-state index in [1.165, 1.54) is 0 Å². The molecule has 0 aromatic carbocycles. The molecular formula is C15H32N2O. The molecule has 3 heteroatoms. The molecule has 1 amide bonds. The van der Waals surface area contributed by atoms with E-state index in [4.69, 9.17) is 0 Å². The van der Waals surface area contributed by atoms with Gasteiger partial charge in [-0.15, -0.1) is 0 Å². The molecule has 0 aliphatic rings. The summed E-state index contributed by atoms with van der Waals surface area (Å²) in [5.74, 6) is 0.492. The number of nitrogens with zero attached hydrogens (tertiary/aromatic N) is 1. The van der Waals surface area contributed by atoms with Crippen LogP contribution in [0.4, 0.5) is 0 Å². The predicted octanol–water partition coefficient (Wildman–Crippen LogP) is 3.05. The fraction of sp³-hybridized carbons (Fsp3) is 0.933. The first-order valence-electron chi connectivity index (χ1n) is 7.69. The molecule has 0 heterocycles. The minimum absolute atomic E-state index is 0.230. The number of rotatable bonds is 11. The smallest absolute Gasteiger partial charge is 0.223 e. The molecule has 0 aliphatic heterocycles. The lowest BCUT2D eigenvalue weighted by atomic mass is 9.97. The number of hydrogen-bond acceptors (Lipinski definition) is 2. The van der Waals surface area contributed by atoms with Gasteiger partial charge in [0, 0.05) is 12.5 Å². The van der Waals surface area contributed by atoms with Crippen LogP contribution in [0.5, 0.6) is 0 Å². The Bertz CT molecular complexity index is 197. The van der Waals surface area contributed by atoms with Crippen molar-refractivity contribution in [1.82, 2.24) is 10.2 Å². The summed E-state index contributed by atoms with van der Waals surface area (Å²) in [5.41, 5.74) is 0. The minimum atomic E-state index is 0.230. The van der Waals surface area contributed by atoms with E-state index in [-0.39, 0.29) is 11.8 Å². The molecule has 108 valence electrons. The zero-order valence-electron chi connectivity index (χ0n) is 12.8. The molecule has 0 rings (SSSR count). The summed E-state index contributed by atoms with van der Waals surface area (Å²) in [7, 11) is 0. The normalized spacial score (nSPS) is 11.2. The molecule has 0 aromatic heterocycles. The molecule has 0 spiro atoms. The fourth-order valence-corrected chi connectivity index (χ4v) is 2.30. The lowest BCUT2D eigenvalue weighted by Gasteiger charge is -2.19. The molecule has 0 unspecified atom stereocenters. The van der Waals surface area contributed by atoms with E-state index in [0.717, 1.165) is 58.3 Å². The topological polar surface area (TPSA) is 32.3 Å². The Balaban J connectivity index is 3.79. The van der Waals surface area contributed by atoms with Crippen LogP contribution in [-0.4, -0.2) is 37.0 Å². The van der Waals surface area contributed by atoms with Gasteiger partial charge >= 0.3 is 0 Å². The molecule has 0 fully saturated rings. The average Bonchev–Trinajstić information content (AvgIpc) is 2.38. The van der Waals surface area contributed by atoms with Crippen molar-refractivity contribution in [2.45, 2.75) is 59.8 Å². The van der Waals surface area contributed by atoms with Crippen LogP contribution in [0, 0.1) is 5.92 Å². The SMILES string of the molecule is CCCC(CCC)C(=O)NCCCN(CC)CC. The van der Waals surface area contributed by atoms with Gasteiger partial charge in [0.25, 0.3) is 0 Å². The Morgan fingerprint density at radius 1 is 1.06 bits per heavy atom. The molecule has 0 saturated carbocycles. The van der Waals surface area contributed by atoms with Gasteiger partial charge < -0.3 is 10.2 Å². The van der Waals surface area contributed by atoms with Gasteiger partial charge in [0.15, 0.2) is 0 Å². The molecular weight excluding hydrogens is 224 g/mol. The molecule has 0 bridgehead atoms. The van der Waals surface area contributed by atoms with Crippen LogP contribution in [-0.2, 0) is 4.79 Å². The second-order valence-electron chi connectivity index (χ2n) is 4.95. The summed E-state index contributed by atoms with van der Waals surface area (Å²) >= 11 is 0. The quantitative estimate of drug-likeness (QED) is 0.576. The fourth-order valence-electron chi connectivity index (χ4n) is 2.30. The van der Waals surface area contributed by atoms with Crippen LogP contribution in [0.15, 0.2) is 0 Å². The van der Waals surface area contributed by atoms with Crippen molar-refractivity contribution in [2.75, 3.05) is 26.2 Å². The molecule has 0 saturated heterocycles. The van der Waals surface area contributed by atoms with Crippen molar-refractivity contribution in [3.05, 3.63) is 0 Å². The van der Waals surface area contributed by atoms with Crippen molar-refractivity contribution < 1.29 is 4.79 Å². The third-order valence-corrected chi connectivity index (χ3v) is 3.49. The van der Waals surface area contributed by atoms with Crippen LogP contribution in [0.2, 0.25) is 0 Å². The second kappa shape index (κ2) is 11.5. The number of carbonyl (C=O) groups is 1. The van der Waals surface area contributed by atoms with Crippen LogP contribution in [0.3, 0.4) is 0 Å². The Morgan fingerprint density at radius 2 is 1.61 bits per heavy atom.